The number of rotatable bonds is 0. The molecule has 0 nitrogen and oxygen atoms in total. The topological polar surface area (TPSA) is 0 Å². The summed E-state index contributed by atoms with van der Waals surface area (Å²) in [5.74, 6) is 0. The largest absolute Gasteiger partial charge is 0 e. The second-order valence-electron chi connectivity index (χ2n) is 0. The van der Waals surface area contributed by atoms with Crippen LogP contribution < -0.4 is 0 Å². The minimum Gasteiger partial charge on any atom is 0 e. The van der Waals surface area contributed by atoms with Gasteiger partial charge in [0.15, 0.2) is 0 Å². The van der Waals surface area contributed by atoms with Gasteiger partial charge in [0, 0.05) is 4830 Å². The summed E-state index contributed by atoms with van der Waals surface area (Å²) >= 11 is 0. The van der Waals surface area contributed by atoms with E-state index in [9.17, 15) is 0 Å². The van der Waals surface area contributed by atoms with Crippen LogP contribution >= 0.6 is 0 Å². The van der Waals surface area contributed by atoms with E-state index < -0.39 is 0 Å². The summed E-state index contributed by atoms with van der Waals surface area (Å²) in [5.41, 5.74) is 0. The molecule has 0 heterocycles. The second-order valence-corrected chi connectivity index (χ2v) is 0. The Labute approximate surface area is 4620 Å². The summed E-state index contributed by atoms with van der Waals surface area (Å²) < 4.78 is 0. The van der Waals surface area contributed by atoms with Crippen LogP contribution in [-0.2, 0) is 0 Å². The Morgan fingerprint density at radius 1 is 0.00800 bits per heavy atom. The van der Waals surface area contributed by atoms with Gasteiger partial charge in [0.1, 0.15) is 0 Å². The number of hydrogen-bond donors (Lipinski definition) is 0. The molecule has 0 bridgehead atoms. The fraction of sp³-hybridized carbons (Fsp3) is 0. The van der Waals surface area contributed by atoms with E-state index >= 15 is 0 Å². The Kier molecular flexibility index (Phi) is 6360. The molecular weight excluding hydrogens is 19900 g/mol. The molecule has 0 aliphatic heterocycles. The molecule has 0 fully saturated rings. The first kappa shape index (κ1) is 897. The molecule has 1125 valence electrons. The van der Waals surface area contributed by atoms with Gasteiger partial charge in [-0.3, -0.25) is 0 Å². The van der Waals surface area contributed by atoms with E-state index in [1.165, 1.54) is 0 Å². The van der Waals surface area contributed by atoms with Crippen molar-refractivity contribution in [3.05, 3.63) is 0 Å². The minimum atomic E-state index is 0. The standard InChI is InChI=1S/125Tb. The molecule has 0 aromatic carbocycles. The van der Waals surface area contributed by atoms with Crippen molar-refractivity contribution in [1.29, 1.82) is 0 Å². The Morgan fingerprint density at radius 2 is 0.00800 bits per heavy atom. The van der Waals surface area contributed by atoms with Crippen molar-refractivity contribution in [3.8, 4) is 0 Å². The Morgan fingerprint density at radius 3 is 0.00800 bits per heavy atom. The van der Waals surface area contributed by atoms with E-state index in [1.54, 1.807) is 0 Å². The first-order valence-electron chi connectivity index (χ1n) is 0. The smallest absolute Gasteiger partial charge is 0 e. The first-order valence-corrected chi connectivity index (χ1v) is 0. The van der Waals surface area contributed by atoms with Gasteiger partial charge in [-0.15, -0.1) is 0 Å². The summed E-state index contributed by atoms with van der Waals surface area (Å²) in [6, 6.07) is 0. The van der Waals surface area contributed by atoms with Crippen molar-refractivity contribution >= 4 is 0 Å². The van der Waals surface area contributed by atoms with Gasteiger partial charge < -0.3 is 0 Å². The molecule has 0 saturated carbocycles. The third-order valence-corrected chi connectivity index (χ3v) is 0. The maximum atomic E-state index is 0. The fourth-order valence-electron chi connectivity index (χ4n) is 0. The van der Waals surface area contributed by atoms with Gasteiger partial charge in [-0.1, -0.05) is 0 Å². The maximum absolute atomic E-state index is 0. The zero-order valence-corrected chi connectivity index (χ0v) is 309. The molecule has 125 radical (unpaired) electrons. The van der Waals surface area contributed by atoms with E-state index in [0.717, 1.165) is 0 Å². The van der Waals surface area contributed by atoms with Gasteiger partial charge in [0.05, 0.1) is 0 Å². The van der Waals surface area contributed by atoms with Gasteiger partial charge in [0.25, 0.3) is 0 Å². The molecule has 0 spiro atoms. The van der Waals surface area contributed by atoms with Crippen molar-refractivity contribution in [2.24, 2.45) is 0 Å². The second kappa shape index (κ2) is 887. The van der Waals surface area contributed by atoms with Gasteiger partial charge >= 0.3 is 0 Å². The molecule has 0 aromatic rings. The normalized spacial score (nSPS) is 0. The van der Waals surface area contributed by atoms with Crippen LogP contribution in [0.25, 0.3) is 0 Å². The van der Waals surface area contributed by atoms with Gasteiger partial charge in [-0.05, 0) is 0 Å². The van der Waals surface area contributed by atoms with E-state index in [0.29, 0.717) is 0 Å². The van der Waals surface area contributed by atoms with Crippen LogP contribution in [0.2, 0.25) is 0 Å². The van der Waals surface area contributed by atoms with Crippen molar-refractivity contribution in [3.63, 3.8) is 0 Å². The van der Waals surface area contributed by atoms with E-state index in [1.807, 2.05) is 0 Å². The molecular formula is Tb125. The molecule has 0 N–H and O–H groups in total. The van der Waals surface area contributed by atoms with Gasteiger partial charge in [-0.25, -0.2) is 0 Å². The molecule has 0 aromatic heterocycles. The summed E-state index contributed by atoms with van der Waals surface area (Å²) in [4.78, 5) is 0. The van der Waals surface area contributed by atoms with Crippen molar-refractivity contribution < 1.29 is 4830 Å². The van der Waals surface area contributed by atoms with Crippen LogP contribution in [0.1, 0.15) is 0 Å². The van der Waals surface area contributed by atoms with Crippen LogP contribution in [-0.4, -0.2) is 0 Å². The zero-order valence-electron chi connectivity index (χ0n) is 41.7. The fourth-order valence-corrected chi connectivity index (χ4v) is 0. The van der Waals surface area contributed by atoms with Crippen molar-refractivity contribution in [2.75, 3.05) is 0 Å². The minimum absolute atomic E-state index is 0. The van der Waals surface area contributed by atoms with E-state index in [-0.39, 0.29) is 4830 Å². The Hall–Kier alpha value is 161. The van der Waals surface area contributed by atoms with Crippen LogP contribution in [0.5, 0.6) is 0 Å². The summed E-state index contributed by atoms with van der Waals surface area (Å²) in [6.07, 6.45) is 0. The zero-order chi connectivity index (χ0) is 0. The molecule has 0 saturated heterocycles. The molecule has 125 heavy (non-hydrogen) atoms. The van der Waals surface area contributed by atoms with Crippen molar-refractivity contribution in [1.82, 2.24) is 0 Å². The third kappa shape index (κ3) is 881. The molecule has 0 atom stereocenters. The van der Waals surface area contributed by atoms with Crippen molar-refractivity contribution in [2.45, 2.75) is 0 Å². The van der Waals surface area contributed by atoms with E-state index in [2.05, 4.69) is 0 Å². The quantitative estimate of drug-likeness (QED) is 0.321. The Bertz CT molecular complexity index is 0. The first-order chi connectivity index (χ1) is 0. The van der Waals surface area contributed by atoms with Crippen LogP contribution in [0.3, 0.4) is 0 Å². The summed E-state index contributed by atoms with van der Waals surface area (Å²) in [7, 11) is 0. The molecule has 125 heteroatoms. The maximum Gasteiger partial charge on any atom is 0 e. The monoisotopic (exact) mass is 19900 g/mol. The summed E-state index contributed by atoms with van der Waals surface area (Å²) in [6.45, 7) is 0. The molecule has 0 aliphatic carbocycles. The van der Waals surface area contributed by atoms with E-state index in [4.69, 9.17) is 0 Å². The van der Waals surface area contributed by atoms with Gasteiger partial charge in [0.2, 0.25) is 0 Å². The van der Waals surface area contributed by atoms with Gasteiger partial charge in [-0.2, -0.15) is 0 Å². The predicted octanol–water partition coefficient (Wildman–Crippen LogP) is 0. The average Bonchev–Trinajstić information content (AvgIpc) is 0. The average molecular weight is 19900 g/mol. The van der Waals surface area contributed by atoms with Crippen LogP contribution in [0.15, 0.2) is 0 Å². The summed E-state index contributed by atoms with van der Waals surface area (Å²) in [5, 5.41) is 0. The molecule has 0 rings (SSSR count). The molecule has 0 aliphatic rings. The SMILES string of the molecule is [Tb].[Tb].[Tb].[Tb].[Tb].[Tb].[Tb].[Tb].[Tb].[Tb].[Tb].[Tb].[Tb].[Tb].[Tb].[Tb].[Tb].[Tb].[Tb].[Tb].[Tb].[Tb].[Tb].[Tb].[Tb].[Tb].[Tb].[Tb].[Tb].[Tb].[Tb].[Tb].[Tb].[Tb].[Tb].[Tb].[Tb].[Tb].[Tb].[Tb].[Tb].[Tb].[Tb].[Tb].[Tb].[Tb].[Tb].[Tb].[Tb].[Tb].[Tb].[Tb].[Tb].[Tb].[Tb].[Tb].[Tb].[Tb].[Tb].[Tb].[Tb].[Tb].[Tb].[Tb].[Tb].[Tb].[Tb].[Tb].[Tb].[Tb].[Tb].[Tb].[Tb].[Tb].[Tb].[Tb].[Tb].[Tb].[Tb].[Tb].[Tb].[Tb].[Tb].[Tb].[Tb].[Tb].[Tb].[Tb].[Tb].[Tb].[Tb].[Tb].[Tb].[Tb].[Tb].[Tb].[Tb].[Tb].[Tb].[Tb].[Tb].[Tb].[Tb].[Tb].[Tb].[Tb].[Tb].[Tb].[Tb].[Tb].[Tb].[Tb].[Tb].[Tb].[Tb].[Tb].[Tb].[Tb].[Tb].[Tb].[Tb].[Tb].[Tb].[Tb].[Tb]. The van der Waals surface area contributed by atoms with Crippen LogP contribution in [0, 0.1) is 4830 Å². The molecule has 0 amide bonds. The Balaban J connectivity index is 0. The van der Waals surface area contributed by atoms with Crippen LogP contribution in [0.4, 0.5) is 0 Å². The predicted molar refractivity (Wildman–Crippen MR) is 0 cm³/mol. The third-order valence-electron chi connectivity index (χ3n) is 0. The molecule has 0 unspecified atom stereocenters. The number of hydrogen-bond acceptors (Lipinski definition) is 0.